The molecule has 14 heavy (non-hydrogen) atoms. The summed E-state index contributed by atoms with van der Waals surface area (Å²) in [5.41, 5.74) is 0.536. The highest BCUT2D eigenvalue weighted by atomic mass is 32.2. The molecule has 2 rings (SSSR count). The van der Waals surface area contributed by atoms with Crippen molar-refractivity contribution in [3.63, 3.8) is 0 Å². The van der Waals surface area contributed by atoms with Crippen LogP contribution in [-0.2, 0) is 0 Å². The fourth-order valence-electron chi connectivity index (χ4n) is 2.61. The molecule has 82 valence electrons. The summed E-state index contributed by atoms with van der Waals surface area (Å²) < 4.78 is 0.624. The van der Waals surface area contributed by atoms with Crippen molar-refractivity contribution in [3.8, 4) is 0 Å². The van der Waals surface area contributed by atoms with Crippen molar-refractivity contribution in [1.82, 2.24) is 5.32 Å². The van der Waals surface area contributed by atoms with E-state index in [1.165, 1.54) is 38.6 Å². The van der Waals surface area contributed by atoms with Gasteiger partial charge in [0.25, 0.3) is 0 Å². The van der Waals surface area contributed by atoms with Gasteiger partial charge in [0.2, 0.25) is 0 Å². The van der Waals surface area contributed by atoms with E-state index in [4.69, 9.17) is 0 Å². The fourth-order valence-corrected chi connectivity index (χ4v) is 3.34. The molecule has 0 amide bonds. The fraction of sp³-hybridized carbons (Fsp3) is 1.00. The van der Waals surface area contributed by atoms with Crippen LogP contribution in [0.5, 0.6) is 0 Å². The number of nitrogens with one attached hydrogen (secondary N) is 1. The van der Waals surface area contributed by atoms with Gasteiger partial charge in [0, 0.05) is 17.3 Å². The molecule has 1 unspecified atom stereocenters. The molecule has 0 aliphatic heterocycles. The molecular weight excluding hydrogens is 190 g/mol. The van der Waals surface area contributed by atoms with Crippen LogP contribution < -0.4 is 5.32 Å². The minimum Gasteiger partial charge on any atom is -0.312 e. The predicted molar refractivity (Wildman–Crippen MR) is 64.9 cm³/mol. The first-order valence-electron chi connectivity index (χ1n) is 5.87. The molecule has 1 nitrogen and oxygen atoms in total. The molecule has 2 aliphatic carbocycles. The maximum atomic E-state index is 3.80. The van der Waals surface area contributed by atoms with E-state index >= 15 is 0 Å². The van der Waals surface area contributed by atoms with E-state index in [-0.39, 0.29) is 0 Å². The summed E-state index contributed by atoms with van der Waals surface area (Å²) >= 11 is 2.06. The van der Waals surface area contributed by atoms with Crippen molar-refractivity contribution in [2.24, 2.45) is 5.41 Å². The van der Waals surface area contributed by atoms with E-state index in [0.29, 0.717) is 10.2 Å². The van der Waals surface area contributed by atoms with Crippen molar-refractivity contribution in [2.75, 3.05) is 12.8 Å². The SMILES string of the molecule is CSC1(CNC2CCCC2(C)C)CC1. The molecule has 2 aliphatic rings. The Bertz CT molecular complexity index is 208. The summed E-state index contributed by atoms with van der Waals surface area (Å²) in [5.74, 6) is 0. The average Bonchev–Trinajstić information content (AvgIpc) is 2.84. The zero-order chi connectivity index (χ0) is 10.2. The number of hydrogen-bond donors (Lipinski definition) is 1. The van der Waals surface area contributed by atoms with Crippen LogP contribution in [0, 0.1) is 5.41 Å². The van der Waals surface area contributed by atoms with Gasteiger partial charge in [-0.05, 0) is 37.4 Å². The van der Waals surface area contributed by atoms with Crippen molar-refractivity contribution in [1.29, 1.82) is 0 Å². The second-order valence-corrected chi connectivity index (χ2v) is 6.98. The number of thioether (sulfide) groups is 1. The van der Waals surface area contributed by atoms with Gasteiger partial charge >= 0.3 is 0 Å². The molecule has 1 atom stereocenters. The quantitative estimate of drug-likeness (QED) is 0.770. The molecule has 0 bridgehead atoms. The molecule has 0 aromatic heterocycles. The van der Waals surface area contributed by atoms with Gasteiger partial charge in [-0.15, -0.1) is 0 Å². The van der Waals surface area contributed by atoms with Crippen LogP contribution in [-0.4, -0.2) is 23.6 Å². The van der Waals surface area contributed by atoms with E-state index in [9.17, 15) is 0 Å². The van der Waals surface area contributed by atoms with Crippen LogP contribution in [0.3, 0.4) is 0 Å². The maximum absolute atomic E-state index is 3.80. The zero-order valence-electron chi connectivity index (χ0n) is 9.73. The molecule has 0 aromatic carbocycles. The third kappa shape index (κ3) is 2.11. The highest BCUT2D eigenvalue weighted by molar-refractivity contribution is 8.00. The monoisotopic (exact) mass is 213 g/mol. The van der Waals surface area contributed by atoms with Gasteiger partial charge in [-0.3, -0.25) is 0 Å². The van der Waals surface area contributed by atoms with E-state index in [1.807, 2.05) is 0 Å². The largest absolute Gasteiger partial charge is 0.312 e. The van der Waals surface area contributed by atoms with Crippen LogP contribution in [0.1, 0.15) is 46.0 Å². The van der Waals surface area contributed by atoms with Crippen molar-refractivity contribution < 1.29 is 0 Å². The van der Waals surface area contributed by atoms with Crippen LogP contribution >= 0.6 is 11.8 Å². The molecule has 2 heteroatoms. The lowest BCUT2D eigenvalue weighted by atomic mass is 9.87. The van der Waals surface area contributed by atoms with Gasteiger partial charge in [0.15, 0.2) is 0 Å². The van der Waals surface area contributed by atoms with Gasteiger partial charge in [-0.2, -0.15) is 11.8 Å². The molecule has 2 saturated carbocycles. The molecule has 0 spiro atoms. The summed E-state index contributed by atoms with van der Waals surface area (Å²) in [6.07, 6.45) is 9.31. The average molecular weight is 213 g/mol. The first-order chi connectivity index (χ1) is 6.58. The number of hydrogen-bond acceptors (Lipinski definition) is 2. The second-order valence-electron chi connectivity index (χ2n) is 5.70. The van der Waals surface area contributed by atoms with Gasteiger partial charge in [-0.1, -0.05) is 20.3 Å². The Morgan fingerprint density at radius 2 is 2.00 bits per heavy atom. The Morgan fingerprint density at radius 1 is 1.29 bits per heavy atom. The first-order valence-corrected chi connectivity index (χ1v) is 7.09. The molecule has 0 radical (unpaired) electrons. The lowest BCUT2D eigenvalue weighted by Crippen LogP contribution is -2.41. The summed E-state index contributed by atoms with van der Waals surface area (Å²) in [7, 11) is 0. The highest BCUT2D eigenvalue weighted by Gasteiger charge is 2.43. The highest BCUT2D eigenvalue weighted by Crippen LogP contribution is 2.47. The van der Waals surface area contributed by atoms with Gasteiger partial charge in [-0.25, -0.2) is 0 Å². The summed E-state index contributed by atoms with van der Waals surface area (Å²) in [4.78, 5) is 0. The summed E-state index contributed by atoms with van der Waals surface area (Å²) in [6, 6.07) is 0.770. The second kappa shape index (κ2) is 3.71. The Kier molecular flexibility index (Phi) is 2.87. The third-order valence-electron chi connectivity index (χ3n) is 4.17. The minimum absolute atomic E-state index is 0.536. The first kappa shape index (κ1) is 10.8. The topological polar surface area (TPSA) is 12.0 Å². The van der Waals surface area contributed by atoms with Crippen molar-refractivity contribution in [2.45, 2.75) is 56.7 Å². The molecule has 0 heterocycles. The Labute approximate surface area is 92.4 Å². The van der Waals surface area contributed by atoms with Gasteiger partial charge < -0.3 is 5.32 Å². The zero-order valence-corrected chi connectivity index (χ0v) is 10.5. The normalized spacial score (nSPS) is 33.2. The van der Waals surface area contributed by atoms with Gasteiger partial charge in [0.05, 0.1) is 0 Å². The van der Waals surface area contributed by atoms with Crippen LogP contribution in [0.15, 0.2) is 0 Å². The number of rotatable bonds is 4. The third-order valence-corrected chi connectivity index (χ3v) is 5.59. The standard InChI is InChI=1S/C12H23NS/c1-11(2)6-4-5-10(11)13-9-12(14-3)7-8-12/h10,13H,4-9H2,1-3H3. The van der Waals surface area contributed by atoms with E-state index in [1.54, 1.807) is 0 Å². The Hall–Kier alpha value is 0.310. The van der Waals surface area contributed by atoms with Crippen LogP contribution in [0.25, 0.3) is 0 Å². The molecule has 2 fully saturated rings. The summed E-state index contributed by atoms with van der Waals surface area (Å²) in [5, 5.41) is 3.80. The lowest BCUT2D eigenvalue weighted by Gasteiger charge is -2.29. The molecule has 0 aromatic rings. The predicted octanol–water partition coefficient (Wildman–Crippen LogP) is 3.05. The molecule has 1 N–H and O–H groups in total. The Morgan fingerprint density at radius 3 is 2.43 bits per heavy atom. The smallest absolute Gasteiger partial charge is 0.0282 e. The Balaban J connectivity index is 1.80. The van der Waals surface area contributed by atoms with E-state index < -0.39 is 0 Å². The summed E-state index contributed by atoms with van der Waals surface area (Å²) in [6.45, 7) is 6.06. The minimum atomic E-state index is 0.536. The van der Waals surface area contributed by atoms with E-state index in [2.05, 4.69) is 37.2 Å². The maximum Gasteiger partial charge on any atom is 0.0282 e. The van der Waals surface area contributed by atoms with Crippen LogP contribution in [0.2, 0.25) is 0 Å². The van der Waals surface area contributed by atoms with Crippen molar-refractivity contribution >= 4 is 11.8 Å². The van der Waals surface area contributed by atoms with Crippen LogP contribution in [0.4, 0.5) is 0 Å². The van der Waals surface area contributed by atoms with Gasteiger partial charge in [0.1, 0.15) is 0 Å². The molecule has 0 saturated heterocycles. The van der Waals surface area contributed by atoms with E-state index in [0.717, 1.165) is 6.04 Å². The van der Waals surface area contributed by atoms with Crippen molar-refractivity contribution in [3.05, 3.63) is 0 Å². The lowest BCUT2D eigenvalue weighted by molar-refractivity contribution is 0.284. The molecular formula is C12H23NS.